The van der Waals surface area contributed by atoms with Gasteiger partial charge in [0, 0.05) is 17.5 Å². The van der Waals surface area contributed by atoms with Crippen LogP contribution >= 0.6 is 0 Å². The maximum Gasteiger partial charge on any atom is 0.240 e. The van der Waals surface area contributed by atoms with Crippen LogP contribution in [0.15, 0.2) is 59.5 Å². The van der Waals surface area contributed by atoms with E-state index in [4.69, 9.17) is 0 Å². The summed E-state index contributed by atoms with van der Waals surface area (Å²) >= 11 is 0. The summed E-state index contributed by atoms with van der Waals surface area (Å²) < 4.78 is 25.1. The molecule has 0 saturated heterocycles. The number of aryl methyl sites for hydroxylation is 1. The standard InChI is InChI=1S/C20H22N2O3S/c1-14-12-17-6-4-5-7-19(17)22(14)13-20(23)21-15(2)16-8-10-18(11-9-16)26(3,24)25/h4-12,15H,13H2,1-3H3,(H,21,23). The Balaban J connectivity index is 1.72. The van der Waals surface area contributed by atoms with Crippen molar-refractivity contribution < 1.29 is 13.2 Å². The molecule has 0 aliphatic heterocycles. The molecule has 1 unspecified atom stereocenters. The number of amides is 1. The third-order valence-electron chi connectivity index (χ3n) is 4.51. The number of para-hydroxylation sites is 1. The molecule has 0 spiro atoms. The zero-order valence-corrected chi connectivity index (χ0v) is 15.9. The molecule has 0 fully saturated rings. The van der Waals surface area contributed by atoms with Gasteiger partial charge >= 0.3 is 0 Å². The van der Waals surface area contributed by atoms with Gasteiger partial charge in [-0.05, 0) is 49.1 Å². The second-order valence-electron chi connectivity index (χ2n) is 6.56. The SMILES string of the molecule is Cc1cc2ccccc2n1CC(=O)NC(C)c1ccc(S(C)(=O)=O)cc1. The summed E-state index contributed by atoms with van der Waals surface area (Å²) in [5, 5.41) is 4.09. The van der Waals surface area contributed by atoms with Gasteiger partial charge in [0.25, 0.3) is 0 Å². The maximum atomic E-state index is 12.5. The third-order valence-corrected chi connectivity index (χ3v) is 5.63. The Hall–Kier alpha value is -2.60. The average Bonchev–Trinajstić information content (AvgIpc) is 2.90. The van der Waals surface area contributed by atoms with Crippen LogP contribution in [0.25, 0.3) is 10.9 Å². The zero-order chi connectivity index (χ0) is 18.9. The van der Waals surface area contributed by atoms with Crippen molar-refractivity contribution in [2.75, 3.05) is 6.26 Å². The van der Waals surface area contributed by atoms with E-state index in [0.29, 0.717) is 0 Å². The van der Waals surface area contributed by atoms with Crippen LogP contribution in [0.5, 0.6) is 0 Å². The number of carbonyl (C=O) groups is 1. The van der Waals surface area contributed by atoms with Crippen LogP contribution in [0, 0.1) is 6.92 Å². The Labute approximate surface area is 153 Å². The molecule has 2 aromatic carbocycles. The summed E-state index contributed by atoms with van der Waals surface area (Å²) in [4.78, 5) is 12.8. The van der Waals surface area contributed by atoms with Crippen LogP contribution in [0.4, 0.5) is 0 Å². The first-order valence-corrected chi connectivity index (χ1v) is 10.3. The predicted molar refractivity (Wildman–Crippen MR) is 103 cm³/mol. The highest BCUT2D eigenvalue weighted by Gasteiger charge is 2.14. The van der Waals surface area contributed by atoms with Crippen LogP contribution in [0.3, 0.4) is 0 Å². The third kappa shape index (κ3) is 3.80. The monoisotopic (exact) mass is 370 g/mol. The lowest BCUT2D eigenvalue weighted by molar-refractivity contribution is -0.122. The Morgan fingerprint density at radius 1 is 1.12 bits per heavy atom. The molecule has 1 N–H and O–H groups in total. The second kappa shape index (κ2) is 6.96. The fourth-order valence-corrected chi connectivity index (χ4v) is 3.71. The van der Waals surface area contributed by atoms with Crippen LogP contribution < -0.4 is 5.32 Å². The van der Waals surface area contributed by atoms with E-state index in [1.165, 1.54) is 6.26 Å². The van der Waals surface area contributed by atoms with Crippen molar-refractivity contribution >= 4 is 26.6 Å². The smallest absolute Gasteiger partial charge is 0.240 e. The van der Waals surface area contributed by atoms with Crippen LogP contribution in [0.2, 0.25) is 0 Å². The summed E-state index contributed by atoms with van der Waals surface area (Å²) in [7, 11) is -3.22. The first-order valence-electron chi connectivity index (χ1n) is 8.40. The Bertz CT molecular complexity index is 1050. The topological polar surface area (TPSA) is 68.2 Å². The van der Waals surface area contributed by atoms with E-state index in [1.807, 2.05) is 42.7 Å². The largest absolute Gasteiger partial charge is 0.348 e. The second-order valence-corrected chi connectivity index (χ2v) is 8.58. The van der Waals surface area contributed by atoms with Crippen molar-refractivity contribution in [3.05, 3.63) is 65.9 Å². The molecule has 0 radical (unpaired) electrons. The van der Waals surface area contributed by atoms with Crippen molar-refractivity contribution in [2.45, 2.75) is 31.3 Å². The van der Waals surface area contributed by atoms with E-state index in [9.17, 15) is 13.2 Å². The lowest BCUT2D eigenvalue weighted by atomic mass is 10.1. The summed E-state index contributed by atoms with van der Waals surface area (Å²) in [6.45, 7) is 4.11. The molecular weight excluding hydrogens is 348 g/mol. The molecule has 136 valence electrons. The highest BCUT2D eigenvalue weighted by atomic mass is 32.2. The number of nitrogens with one attached hydrogen (secondary N) is 1. The van der Waals surface area contributed by atoms with Crippen molar-refractivity contribution in [2.24, 2.45) is 0 Å². The molecule has 0 saturated carbocycles. The van der Waals surface area contributed by atoms with Gasteiger partial charge in [-0.3, -0.25) is 4.79 Å². The van der Waals surface area contributed by atoms with E-state index in [-0.39, 0.29) is 23.4 Å². The minimum Gasteiger partial charge on any atom is -0.348 e. The molecule has 1 aromatic heterocycles. The van der Waals surface area contributed by atoms with Crippen molar-refractivity contribution in [1.82, 2.24) is 9.88 Å². The Morgan fingerprint density at radius 3 is 2.42 bits per heavy atom. The molecule has 0 bridgehead atoms. The summed E-state index contributed by atoms with van der Waals surface area (Å²) in [5.41, 5.74) is 2.93. The van der Waals surface area contributed by atoms with Crippen molar-refractivity contribution in [3.63, 3.8) is 0 Å². The van der Waals surface area contributed by atoms with Crippen LogP contribution in [-0.2, 0) is 21.2 Å². The molecule has 1 atom stereocenters. The molecule has 3 rings (SSSR count). The summed E-state index contributed by atoms with van der Waals surface area (Å²) in [6, 6.07) is 16.4. The normalized spacial score (nSPS) is 12.9. The highest BCUT2D eigenvalue weighted by molar-refractivity contribution is 7.90. The van der Waals surface area contributed by atoms with Gasteiger partial charge < -0.3 is 9.88 Å². The molecule has 1 heterocycles. The summed E-state index contributed by atoms with van der Waals surface area (Å²) in [5.74, 6) is -0.0888. The molecule has 6 heteroatoms. The van der Waals surface area contributed by atoms with Gasteiger partial charge in [-0.15, -0.1) is 0 Å². The lowest BCUT2D eigenvalue weighted by Gasteiger charge is -2.16. The number of nitrogens with zero attached hydrogens (tertiary/aromatic N) is 1. The van der Waals surface area contributed by atoms with Crippen molar-refractivity contribution in [1.29, 1.82) is 0 Å². The summed E-state index contributed by atoms with van der Waals surface area (Å²) in [6.07, 6.45) is 1.18. The number of aromatic nitrogens is 1. The maximum absolute atomic E-state index is 12.5. The molecule has 0 aliphatic carbocycles. The fourth-order valence-electron chi connectivity index (χ4n) is 3.08. The average molecular weight is 370 g/mol. The quantitative estimate of drug-likeness (QED) is 0.750. The van der Waals surface area contributed by atoms with Gasteiger partial charge in [0.1, 0.15) is 6.54 Å². The number of rotatable bonds is 5. The number of benzene rings is 2. The number of hydrogen-bond acceptors (Lipinski definition) is 3. The molecule has 1 amide bonds. The number of carbonyl (C=O) groups excluding carboxylic acids is 1. The van der Waals surface area contributed by atoms with E-state index in [2.05, 4.69) is 11.4 Å². The fraction of sp³-hybridized carbons (Fsp3) is 0.250. The lowest BCUT2D eigenvalue weighted by Crippen LogP contribution is -2.30. The molecule has 5 nitrogen and oxygen atoms in total. The van der Waals surface area contributed by atoms with E-state index in [0.717, 1.165) is 22.2 Å². The first kappa shape index (κ1) is 18.2. The van der Waals surface area contributed by atoms with Gasteiger partial charge in [0.15, 0.2) is 9.84 Å². The number of hydrogen-bond donors (Lipinski definition) is 1. The minimum atomic E-state index is -3.22. The van der Waals surface area contributed by atoms with E-state index < -0.39 is 9.84 Å². The van der Waals surface area contributed by atoms with Crippen molar-refractivity contribution in [3.8, 4) is 0 Å². The predicted octanol–water partition coefficient (Wildman–Crippen LogP) is 3.23. The molecule has 0 aliphatic rings. The van der Waals surface area contributed by atoms with Gasteiger partial charge in [-0.1, -0.05) is 30.3 Å². The van der Waals surface area contributed by atoms with Crippen LogP contribution in [0.1, 0.15) is 24.2 Å². The Kier molecular flexibility index (Phi) is 4.87. The van der Waals surface area contributed by atoms with Gasteiger partial charge in [-0.2, -0.15) is 0 Å². The number of fused-ring (bicyclic) bond motifs is 1. The molecule has 26 heavy (non-hydrogen) atoms. The van der Waals surface area contributed by atoms with Gasteiger partial charge in [0.2, 0.25) is 5.91 Å². The number of sulfone groups is 1. The first-order chi connectivity index (χ1) is 12.3. The van der Waals surface area contributed by atoms with Gasteiger partial charge in [-0.25, -0.2) is 8.42 Å². The molecule has 3 aromatic rings. The Morgan fingerprint density at radius 2 is 1.77 bits per heavy atom. The van der Waals surface area contributed by atoms with E-state index >= 15 is 0 Å². The van der Waals surface area contributed by atoms with Gasteiger partial charge in [0.05, 0.1) is 10.9 Å². The highest BCUT2D eigenvalue weighted by Crippen LogP contribution is 2.20. The molecular formula is C20H22N2O3S. The zero-order valence-electron chi connectivity index (χ0n) is 15.1. The van der Waals surface area contributed by atoms with E-state index in [1.54, 1.807) is 24.3 Å². The minimum absolute atomic E-state index is 0.0888. The van der Waals surface area contributed by atoms with Crippen LogP contribution in [-0.4, -0.2) is 25.1 Å².